The first-order valence-electron chi connectivity index (χ1n) is 10.5. The van der Waals surface area contributed by atoms with Gasteiger partial charge in [-0.15, -0.1) is 0 Å². The van der Waals surface area contributed by atoms with Crippen molar-refractivity contribution in [1.29, 1.82) is 0 Å². The van der Waals surface area contributed by atoms with Crippen LogP contribution in [0.1, 0.15) is 72.2 Å². The van der Waals surface area contributed by atoms with E-state index in [1.54, 1.807) is 6.92 Å². The van der Waals surface area contributed by atoms with Gasteiger partial charge in [-0.05, 0) is 81.2 Å². The molecule has 0 aliphatic carbocycles. The number of hydrogen-bond acceptors (Lipinski definition) is 4. The normalized spacial score (nSPS) is 10.1. The Morgan fingerprint density at radius 2 is 1.57 bits per heavy atom. The van der Waals surface area contributed by atoms with E-state index in [1.165, 1.54) is 28.2 Å². The quantitative estimate of drug-likeness (QED) is 0.408. The predicted molar refractivity (Wildman–Crippen MR) is 131 cm³/mol. The lowest BCUT2D eigenvalue weighted by molar-refractivity contribution is 0.101. The highest BCUT2D eigenvalue weighted by atomic mass is 32.1. The number of ketones is 1. The standard InChI is InChI=1S/C12H14N2S.C10H12O.C4H10/c1-4-11-13-12(14-15-11)10-6-5-8(2)9(3)7-10;1-7-4-5-10(9(3)11)8(2)6-7;1-4(2)3/h5-7H,4H2,1-3H3;4-6H,1-3H3;4H,1-3H3. The minimum atomic E-state index is 0.141. The third-order valence-electron chi connectivity index (χ3n) is 4.30. The zero-order chi connectivity index (χ0) is 22.8. The van der Waals surface area contributed by atoms with Crippen molar-refractivity contribution in [2.24, 2.45) is 5.92 Å². The molecule has 162 valence electrons. The van der Waals surface area contributed by atoms with E-state index in [4.69, 9.17) is 0 Å². The Balaban J connectivity index is 0.000000264. The summed E-state index contributed by atoms with van der Waals surface area (Å²) in [6.07, 6.45) is 0.961. The molecule has 0 fully saturated rings. The first kappa shape index (κ1) is 25.7. The second kappa shape index (κ2) is 12.4. The third-order valence-corrected chi connectivity index (χ3v) is 5.15. The Bertz CT molecular complexity index is 955. The molecule has 3 nitrogen and oxygen atoms in total. The van der Waals surface area contributed by atoms with Crippen molar-refractivity contribution < 1.29 is 4.79 Å². The molecule has 0 N–H and O–H groups in total. The van der Waals surface area contributed by atoms with Gasteiger partial charge in [0.25, 0.3) is 0 Å². The van der Waals surface area contributed by atoms with Gasteiger partial charge in [0.1, 0.15) is 5.01 Å². The van der Waals surface area contributed by atoms with Crippen molar-refractivity contribution in [3.8, 4) is 11.4 Å². The van der Waals surface area contributed by atoms with Gasteiger partial charge in [0.2, 0.25) is 0 Å². The smallest absolute Gasteiger partial charge is 0.173 e. The van der Waals surface area contributed by atoms with Gasteiger partial charge in [0, 0.05) is 11.1 Å². The number of aryl methyl sites for hydroxylation is 5. The molecule has 30 heavy (non-hydrogen) atoms. The summed E-state index contributed by atoms with van der Waals surface area (Å²) in [4.78, 5) is 15.5. The maximum Gasteiger partial charge on any atom is 0.173 e. The Morgan fingerprint density at radius 3 is 2.03 bits per heavy atom. The summed E-state index contributed by atoms with van der Waals surface area (Å²) >= 11 is 1.49. The lowest BCUT2D eigenvalue weighted by Crippen LogP contribution is -1.95. The Hall–Kier alpha value is -2.33. The van der Waals surface area contributed by atoms with Gasteiger partial charge in [-0.25, -0.2) is 4.98 Å². The SMILES string of the molecule is CC(=O)c1ccc(C)cc1C.CC(C)C.CCc1nc(-c2ccc(C)c(C)c2)ns1. The monoisotopic (exact) mass is 424 g/mol. The minimum absolute atomic E-state index is 0.141. The second-order valence-electron chi connectivity index (χ2n) is 8.27. The summed E-state index contributed by atoms with van der Waals surface area (Å²) in [5.41, 5.74) is 6.82. The van der Waals surface area contributed by atoms with Gasteiger partial charge in [-0.1, -0.05) is 63.6 Å². The summed E-state index contributed by atoms with van der Waals surface area (Å²) < 4.78 is 4.36. The van der Waals surface area contributed by atoms with Crippen molar-refractivity contribution in [1.82, 2.24) is 9.36 Å². The number of aromatic nitrogens is 2. The van der Waals surface area contributed by atoms with Crippen molar-refractivity contribution in [3.05, 3.63) is 69.2 Å². The van der Waals surface area contributed by atoms with E-state index in [9.17, 15) is 4.79 Å². The average molecular weight is 425 g/mol. The summed E-state index contributed by atoms with van der Waals surface area (Å²) in [6.45, 7) is 18.4. The molecule has 0 amide bonds. The van der Waals surface area contributed by atoms with Crippen molar-refractivity contribution >= 4 is 17.3 Å². The zero-order valence-corrected chi connectivity index (χ0v) is 20.8. The Labute approximate surface area is 186 Å². The van der Waals surface area contributed by atoms with Crippen molar-refractivity contribution in [2.45, 2.75) is 68.7 Å². The fourth-order valence-electron chi connectivity index (χ4n) is 2.60. The molecule has 0 aliphatic heterocycles. The maximum absolute atomic E-state index is 11.0. The molecule has 0 bridgehead atoms. The van der Waals surface area contributed by atoms with Gasteiger partial charge >= 0.3 is 0 Å². The van der Waals surface area contributed by atoms with Crippen LogP contribution in [0, 0.1) is 33.6 Å². The van der Waals surface area contributed by atoms with E-state index >= 15 is 0 Å². The van der Waals surface area contributed by atoms with Gasteiger partial charge in [-0.3, -0.25) is 4.79 Å². The van der Waals surface area contributed by atoms with Crippen LogP contribution in [0.2, 0.25) is 0 Å². The lowest BCUT2D eigenvalue weighted by atomic mass is 10.0. The van der Waals surface area contributed by atoms with Crippen molar-refractivity contribution in [3.63, 3.8) is 0 Å². The fourth-order valence-corrected chi connectivity index (χ4v) is 3.20. The number of nitrogens with zero attached hydrogens (tertiary/aromatic N) is 2. The number of benzene rings is 2. The van der Waals surface area contributed by atoms with E-state index in [-0.39, 0.29) is 5.78 Å². The van der Waals surface area contributed by atoms with Crippen LogP contribution in [0.5, 0.6) is 0 Å². The molecule has 0 spiro atoms. The number of rotatable bonds is 3. The lowest BCUT2D eigenvalue weighted by Gasteiger charge is -2.01. The molecule has 2 aromatic carbocycles. The molecule has 0 aliphatic rings. The fraction of sp³-hybridized carbons (Fsp3) is 0.423. The number of hydrogen-bond donors (Lipinski definition) is 0. The molecule has 1 aromatic heterocycles. The Kier molecular flexibility index (Phi) is 10.6. The number of carbonyl (C=O) groups is 1. The second-order valence-corrected chi connectivity index (χ2v) is 9.11. The first-order chi connectivity index (χ1) is 14.0. The summed E-state index contributed by atoms with van der Waals surface area (Å²) in [5.74, 6) is 1.84. The predicted octanol–water partition coefficient (Wildman–Crippen LogP) is 7.55. The molecular formula is C26H36N2OS. The largest absolute Gasteiger partial charge is 0.295 e. The van der Waals surface area contributed by atoms with Crippen LogP contribution in [0.4, 0.5) is 0 Å². The molecule has 0 saturated carbocycles. The van der Waals surface area contributed by atoms with Crippen molar-refractivity contribution in [2.75, 3.05) is 0 Å². The van der Waals surface area contributed by atoms with E-state index in [2.05, 4.69) is 69.1 Å². The molecule has 4 heteroatoms. The summed E-state index contributed by atoms with van der Waals surface area (Å²) in [6, 6.07) is 12.2. The molecule has 3 aromatic rings. The average Bonchev–Trinajstić information content (AvgIpc) is 3.13. The highest BCUT2D eigenvalue weighted by molar-refractivity contribution is 7.05. The van der Waals surface area contributed by atoms with Crippen LogP contribution in [0.3, 0.4) is 0 Å². The van der Waals surface area contributed by atoms with E-state index in [0.29, 0.717) is 0 Å². The topological polar surface area (TPSA) is 42.9 Å². The summed E-state index contributed by atoms with van der Waals surface area (Å²) in [5, 5.41) is 1.10. The van der Waals surface area contributed by atoms with Crippen LogP contribution in [-0.2, 0) is 6.42 Å². The maximum atomic E-state index is 11.0. The zero-order valence-electron chi connectivity index (χ0n) is 20.0. The number of Topliss-reactive ketones (excluding diaryl/α,β-unsaturated/α-hetero) is 1. The molecule has 3 rings (SSSR count). The van der Waals surface area contributed by atoms with E-state index in [1.807, 2.05) is 32.0 Å². The molecule has 0 saturated heterocycles. The summed E-state index contributed by atoms with van der Waals surface area (Å²) in [7, 11) is 0. The van der Waals surface area contributed by atoms with Crippen LogP contribution < -0.4 is 0 Å². The Morgan fingerprint density at radius 1 is 0.933 bits per heavy atom. The molecular weight excluding hydrogens is 388 g/mol. The first-order valence-corrected chi connectivity index (χ1v) is 11.3. The molecule has 0 atom stereocenters. The molecule has 0 unspecified atom stereocenters. The van der Waals surface area contributed by atoms with Crippen LogP contribution in [0.15, 0.2) is 36.4 Å². The van der Waals surface area contributed by atoms with E-state index < -0.39 is 0 Å². The van der Waals surface area contributed by atoms with Crippen LogP contribution in [0.25, 0.3) is 11.4 Å². The highest BCUT2D eigenvalue weighted by Gasteiger charge is 2.06. The van der Waals surface area contributed by atoms with Crippen LogP contribution in [-0.4, -0.2) is 15.1 Å². The molecule has 0 radical (unpaired) electrons. The van der Waals surface area contributed by atoms with Gasteiger partial charge in [-0.2, -0.15) is 4.37 Å². The number of carbonyl (C=O) groups excluding carboxylic acids is 1. The van der Waals surface area contributed by atoms with Gasteiger partial charge in [0.05, 0.1) is 0 Å². The van der Waals surface area contributed by atoms with Crippen LogP contribution >= 0.6 is 11.5 Å². The van der Waals surface area contributed by atoms with Gasteiger partial charge < -0.3 is 0 Å². The van der Waals surface area contributed by atoms with E-state index in [0.717, 1.165) is 39.9 Å². The highest BCUT2D eigenvalue weighted by Crippen LogP contribution is 2.21. The third kappa shape index (κ3) is 8.58. The minimum Gasteiger partial charge on any atom is -0.295 e. The molecule has 1 heterocycles. The van der Waals surface area contributed by atoms with Gasteiger partial charge in [0.15, 0.2) is 11.6 Å².